The Morgan fingerprint density at radius 2 is 1.81 bits per heavy atom. The van der Waals surface area contributed by atoms with Gasteiger partial charge in [-0.25, -0.2) is 22.2 Å². The van der Waals surface area contributed by atoms with E-state index in [-0.39, 0.29) is 11.1 Å². The van der Waals surface area contributed by atoms with Gasteiger partial charge in [0, 0.05) is 5.56 Å². The van der Waals surface area contributed by atoms with Gasteiger partial charge in [-0.15, -0.1) is 0 Å². The lowest BCUT2D eigenvalue weighted by Crippen LogP contribution is -2.36. The highest BCUT2D eigenvalue weighted by Crippen LogP contribution is 2.29. The van der Waals surface area contributed by atoms with Crippen LogP contribution in [0.3, 0.4) is 0 Å². The second-order valence-electron chi connectivity index (χ2n) is 6.24. The summed E-state index contributed by atoms with van der Waals surface area (Å²) >= 11 is 5.84. The fourth-order valence-electron chi connectivity index (χ4n) is 2.35. The number of nitrogens with zero attached hydrogens (tertiary/aromatic N) is 2. The zero-order valence-electron chi connectivity index (χ0n) is 15.7. The average Bonchev–Trinajstić information content (AvgIpc) is 2.91. The maximum absolute atomic E-state index is 14.5. The number of aryl methyl sites for hydroxylation is 1. The van der Waals surface area contributed by atoms with E-state index >= 15 is 0 Å². The molecule has 0 atom stereocenters. The number of halogens is 8. The highest BCUT2D eigenvalue weighted by molar-refractivity contribution is 7.90. The van der Waals surface area contributed by atoms with Gasteiger partial charge in [-0.3, -0.25) is 4.79 Å². The first kappa shape index (κ1) is 25.7. The monoisotopic (exact) mass is 511 g/mol. The Labute approximate surface area is 180 Å². The van der Waals surface area contributed by atoms with Crippen molar-refractivity contribution >= 4 is 33.3 Å². The number of rotatable bonds is 6. The lowest BCUT2D eigenvalue weighted by atomic mass is 10.1. The van der Waals surface area contributed by atoms with Crippen LogP contribution in [0, 0.1) is 12.7 Å². The molecule has 178 valence electrons. The fourth-order valence-corrected chi connectivity index (χ4v) is 3.02. The second kappa shape index (κ2) is 8.74. The third-order valence-electron chi connectivity index (χ3n) is 3.88. The summed E-state index contributed by atoms with van der Waals surface area (Å²) in [5, 5.41) is 4.74. The number of carbonyl (C=O) groups excluding carboxylic acids is 1. The van der Waals surface area contributed by atoms with Gasteiger partial charge in [-0.2, -0.15) is 31.4 Å². The van der Waals surface area contributed by atoms with Crippen LogP contribution in [0.15, 0.2) is 12.1 Å². The molecule has 0 aliphatic rings. The Morgan fingerprint density at radius 1 is 1.22 bits per heavy atom. The standard InChI is InChI=1S/C15H13ClF7N5O3S/c1-6-2-8(17)10(3-7(6)13(29)25-5-14(18,19)20)28-12(24)11(16)9(27-28)4-26-32(30,31)15(21,22)23/h2-3,26H,4-5,24H2,1H3,(H,25,29). The van der Waals surface area contributed by atoms with Crippen molar-refractivity contribution in [2.24, 2.45) is 0 Å². The normalized spacial score (nSPS) is 12.8. The maximum atomic E-state index is 14.5. The highest BCUT2D eigenvalue weighted by Gasteiger charge is 2.45. The third-order valence-corrected chi connectivity index (χ3v) is 5.42. The quantitative estimate of drug-likeness (QED) is 0.515. The number of sulfonamides is 1. The number of anilines is 1. The summed E-state index contributed by atoms with van der Waals surface area (Å²) in [4.78, 5) is 12.1. The molecule has 0 bridgehead atoms. The van der Waals surface area contributed by atoms with Crippen molar-refractivity contribution < 1.29 is 43.9 Å². The van der Waals surface area contributed by atoms with Crippen LogP contribution in [0.2, 0.25) is 5.02 Å². The Hall–Kier alpha value is -2.59. The minimum absolute atomic E-state index is 0.0408. The molecule has 2 rings (SSSR count). The van der Waals surface area contributed by atoms with Crippen molar-refractivity contribution in [3.05, 3.63) is 39.8 Å². The van der Waals surface area contributed by atoms with Gasteiger partial charge in [0.25, 0.3) is 5.91 Å². The Balaban J connectivity index is 2.42. The lowest BCUT2D eigenvalue weighted by Gasteiger charge is -2.13. The molecule has 0 saturated carbocycles. The molecule has 2 aromatic rings. The van der Waals surface area contributed by atoms with E-state index in [1.165, 1.54) is 11.6 Å². The van der Waals surface area contributed by atoms with Crippen LogP contribution < -0.4 is 15.8 Å². The summed E-state index contributed by atoms with van der Waals surface area (Å²) < 4.78 is 113. The molecule has 17 heteroatoms. The van der Waals surface area contributed by atoms with Gasteiger partial charge in [0.15, 0.2) is 0 Å². The number of carbonyl (C=O) groups is 1. The molecule has 0 unspecified atom stereocenters. The molecule has 1 heterocycles. The van der Waals surface area contributed by atoms with Crippen LogP contribution in [0.5, 0.6) is 0 Å². The van der Waals surface area contributed by atoms with Crippen molar-refractivity contribution in [1.82, 2.24) is 19.8 Å². The Morgan fingerprint density at radius 3 is 2.34 bits per heavy atom. The van der Waals surface area contributed by atoms with Crippen molar-refractivity contribution in [1.29, 1.82) is 0 Å². The summed E-state index contributed by atoms with van der Waals surface area (Å²) in [6, 6.07) is 1.60. The predicted molar refractivity (Wildman–Crippen MR) is 97.9 cm³/mol. The molecular formula is C15H13ClF7N5O3S. The van der Waals surface area contributed by atoms with Crippen LogP contribution in [0.4, 0.5) is 36.6 Å². The Bertz CT molecular complexity index is 1150. The summed E-state index contributed by atoms with van der Waals surface area (Å²) in [7, 11) is -5.75. The van der Waals surface area contributed by atoms with Crippen LogP contribution in [-0.4, -0.2) is 42.3 Å². The summed E-state index contributed by atoms with van der Waals surface area (Å²) in [6.45, 7) is -1.48. The van der Waals surface area contributed by atoms with Gasteiger partial charge in [-0.1, -0.05) is 11.6 Å². The third kappa shape index (κ3) is 5.60. The van der Waals surface area contributed by atoms with E-state index in [1.54, 1.807) is 5.32 Å². The predicted octanol–water partition coefficient (Wildman–Crippen LogP) is 2.79. The molecule has 1 aromatic heterocycles. The van der Waals surface area contributed by atoms with E-state index in [0.717, 1.165) is 12.1 Å². The van der Waals surface area contributed by atoms with Gasteiger partial charge in [0.1, 0.15) is 28.9 Å². The zero-order valence-corrected chi connectivity index (χ0v) is 17.3. The van der Waals surface area contributed by atoms with Gasteiger partial charge in [-0.05, 0) is 24.6 Å². The van der Waals surface area contributed by atoms with E-state index in [0.29, 0.717) is 4.68 Å². The van der Waals surface area contributed by atoms with Crippen molar-refractivity contribution in [3.63, 3.8) is 0 Å². The number of alkyl halides is 6. The number of nitrogens with one attached hydrogen (secondary N) is 2. The molecule has 0 fully saturated rings. The number of nitrogens with two attached hydrogens (primary N) is 1. The minimum atomic E-state index is -5.75. The molecule has 1 amide bonds. The lowest BCUT2D eigenvalue weighted by molar-refractivity contribution is -0.123. The number of amides is 1. The first-order chi connectivity index (χ1) is 14.4. The van der Waals surface area contributed by atoms with E-state index < -0.39 is 68.7 Å². The largest absolute Gasteiger partial charge is 0.511 e. The first-order valence-electron chi connectivity index (χ1n) is 8.19. The minimum Gasteiger partial charge on any atom is -0.382 e. The van der Waals surface area contributed by atoms with E-state index in [4.69, 9.17) is 17.3 Å². The topological polar surface area (TPSA) is 119 Å². The van der Waals surface area contributed by atoms with Gasteiger partial charge < -0.3 is 11.1 Å². The molecule has 1 aromatic carbocycles. The van der Waals surface area contributed by atoms with Gasteiger partial charge in [0.2, 0.25) is 0 Å². The molecular weight excluding hydrogens is 499 g/mol. The van der Waals surface area contributed by atoms with Gasteiger partial charge in [0.05, 0.1) is 12.2 Å². The summed E-state index contributed by atoms with van der Waals surface area (Å²) in [5.41, 5.74) is -1.46. The van der Waals surface area contributed by atoms with E-state index in [2.05, 4.69) is 5.10 Å². The van der Waals surface area contributed by atoms with Crippen LogP contribution in [0.1, 0.15) is 21.6 Å². The van der Waals surface area contributed by atoms with Crippen LogP contribution in [-0.2, 0) is 16.6 Å². The number of aromatic nitrogens is 2. The molecule has 4 N–H and O–H groups in total. The summed E-state index contributed by atoms with van der Waals surface area (Å²) in [5.74, 6) is -2.78. The molecule has 0 radical (unpaired) electrons. The van der Waals surface area contributed by atoms with Crippen molar-refractivity contribution in [2.45, 2.75) is 25.2 Å². The second-order valence-corrected chi connectivity index (χ2v) is 8.38. The number of hydrogen-bond acceptors (Lipinski definition) is 5. The average molecular weight is 512 g/mol. The van der Waals surface area contributed by atoms with Crippen molar-refractivity contribution in [2.75, 3.05) is 12.3 Å². The first-order valence-corrected chi connectivity index (χ1v) is 10.0. The SMILES string of the molecule is Cc1cc(F)c(-n2nc(CNS(=O)(=O)C(F)(F)F)c(Cl)c2N)cc1C(=O)NCC(F)(F)F. The molecule has 8 nitrogen and oxygen atoms in total. The molecule has 32 heavy (non-hydrogen) atoms. The Kier molecular flexibility index (Phi) is 7.01. The van der Waals surface area contributed by atoms with Crippen LogP contribution in [0.25, 0.3) is 5.69 Å². The van der Waals surface area contributed by atoms with Gasteiger partial charge >= 0.3 is 21.7 Å². The van der Waals surface area contributed by atoms with Crippen LogP contribution >= 0.6 is 11.6 Å². The molecule has 0 saturated heterocycles. The smallest absolute Gasteiger partial charge is 0.382 e. The highest BCUT2D eigenvalue weighted by atomic mass is 35.5. The van der Waals surface area contributed by atoms with E-state index in [1.807, 2.05) is 0 Å². The number of hydrogen-bond donors (Lipinski definition) is 3. The number of nitrogen functional groups attached to an aromatic ring is 1. The number of benzene rings is 1. The molecule has 0 aliphatic heterocycles. The molecule has 0 aliphatic carbocycles. The maximum Gasteiger partial charge on any atom is 0.511 e. The molecule has 0 spiro atoms. The van der Waals surface area contributed by atoms with Crippen molar-refractivity contribution in [3.8, 4) is 5.69 Å². The summed E-state index contributed by atoms with van der Waals surface area (Å²) in [6.07, 6.45) is -4.70. The zero-order chi connectivity index (χ0) is 24.6. The fraction of sp³-hybridized carbons (Fsp3) is 0.333. The van der Waals surface area contributed by atoms with E-state index in [9.17, 15) is 43.9 Å².